The minimum Gasteiger partial charge on any atom is -0.493 e. The van der Waals surface area contributed by atoms with E-state index in [-0.39, 0.29) is 36.7 Å². The number of aliphatic hydroxyl groups excluding tert-OH is 1. The highest BCUT2D eigenvalue weighted by Gasteiger charge is 2.54. The Morgan fingerprint density at radius 2 is 1.57 bits per heavy atom. The normalized spacial score (nSPS) is 16.9. The van der Waals surface area contributed by atoms with Crippen LogP contribution >= 0.6 is 0 Å². The number of benzene rings is 3. The lowest BCUT2D eigenvalue weighted by atomic mass is 9.88. The molecule has 1 saturated carbocycles. The SMILES string of the molecule is COc1cc2c(Oc3ccc(CC(=O)C4(C(=O)Cc5ccc(C)cc5)CC4)cc3)ccnc2cc1OC(=O)N1CC[C@H](O)C1. The molecule has 1 saturated heterocycles. The van der Waals surface area contributed by atoms with E-state index in [0.29, 0.717) is 54.0 Å². The Hall–Kier alpha value is -4.76. The summed E-state index contributed by atoms with van der Waals surface area (Å²) in [4.78, 5) is 44.8. The van der Waals surface area contributed by atoms with Gasteiger partial charge in [-0.1, -0.05) is 42.0 Å². The van der Waals surface area contributed by atoms with Gasteiger partial charge in [-0.15, -0.1) is 0 Å². The van der Waals surface area contributed by atoms with Crippen molar-refractivity contribution in [2.45, 2.75) is 45.1 Å². The third-order valence-corrected chi connectivity index (χ3v) is 8.42. The summed E-state index contributed by atoms with van der Waals surface area (Å²) >= 11 is 0. The molecule has 1 aromatic heterocycles. The molecule has 1 N–H and O–H groups in total. The van der Waals surface area contributed by atoms with Crippen LogP contribution in [-0.2, 0) is 22.4 Å². The zero-order chi connectivity index (χ0) is 30.8. The molecular formula is C35H34N2O7. The molecule has 1 aliphatic heterocycles. The fourth-order valence-electron chi connectivity index (χ4n) is 5.58. The molecule has 1 aliphatic carbocycles. The van der Waals surface area contributed by atoms with E-state index >= 15 is 0 Å². The second-order valence-electron chi connectivity index (χ2n) is 11.6. The first-order valence-electron chi connectivity index (χ1n) is 14.7. The molecule has 9 nitrogen and oxygen atoms in total. The van der Waals surface area contributed by atoms with Crippen molar-refractivity contribution >= 4 is 28.6 Å². The predicted octanol–water partition coefficient (Wildman–Crippen LogP) is 5.61. The quantitative estimate of drug-likeness (QED) is 0.236. The Morgan fingerprint density at radius 3 is 2.16 bits per heavy atom. The molecule has 2 fully saturated rings. The van der Waals surface area contributed by atoms with E-state index in [1.54, 1.807) is 36.5 Å². The smallest absolute Gasteiger partial charge is 0.415 e. The third-order valence-electron chi connectivity index (χ3n) is 8.42. The van der Waals surface area contributed by atoms with Gasteiger partial charge in [0.25, 0.3) is 0 Å². The summed E-state index contributed by atoms with van der Waals surface area (Å²) in [7, 11) is 1.48. The fraction of sp³-hybridized carbons (Fsp3) is 0.314. The molecule has 0 bridgehead atoms. The van der Waals surface area contributed by atoms with Crippen LogP contribution in [0.2, 0.25) is 0 Å². The molecule has 44 heavy (non-hydrogen) atoms. The van der Waals surface area contributed by atoms with Crippen molar-refractivity contribution in [3.05, 3.63) is 89.6 Å². The van der Waals surface area contributed by atoms with Crippen LogP contribution in [0.3, 0.4) is 0 Å². The van der Waals surface area contributed by atoms with Gasteiger partial charge in [-0.2, -0.15) is 0 Å². The van der Waals surface area contributed by atoms with Crippen LogP contribution in [0.25, 0.3) is 10.9 Å². The number of fused-ring (bicyclic) bond motifs is 1. The number of methoxy groups -OCH3 is 1. The first-order chi connectivity index (χ1) is 21.2. The van der Waals surface area contributed by atoms with E-state index in [1.807, 2.05) is 43.3 Å². The molecule has 2 aliphatic rings. The van der Waals surface area contributed by atoms with E-state index in [9.17, 15) is 19.5 Å². The lowest BCUT2D eigenvalue weighted by Crippen LogP contribution is -2.32. The van der Waals surface area contributed by atoms with Crippen molar-refractivity contribution in [2.24, 2.45) is 5.41 Å². The number of ketones is 2. The second kappa shape index (κ2) is 12.1. The van der Waals surface area contributed by atoms with Crippen LogP contribution in [0.15, 0.2) is 72.9 Å². The van der Waals surface area contributed by atoms with Crippen LogP contribution in [0.5, 0.6) is 23.0 Å². The number of β-amino-alcohol motifs (C(OH)–C–C–N with tert-alkyl or cyclic N) is 1. The Morgan fingerprint density at radius 1 is 0.909 bits per heavy atom. The second-order valence-corrected chi connectivity index (χ2v) is 11.6. The Labute approximate surface area is 255 Å². The van der Waals surface area contributed by atoms with E-state index < -0.39 is 17.6 Å². The molecule has 3 aromatic carbocycles. The zero-order valence-electron chi connectivity index (χ0n) is 24.7. The predicted molar refractivity (Wildman–Crippen MR) is 163 cm³/mol. The summed E-state index contributed by atoms with van der Waals surface area (Å²) in [5.74, 6) is 1.61. The number of ether oxygens (including phenoxy) is 3. The van der Waals surface area contributed by atoms with Gasteiger partial charge in [0.2, 0.25) is 0 Å². The summed E-state index contributed by atoms with van der Waals surface area (Å²) in [5.41, 5.74) is 2.56. The molecule has 1 atom stereocenters. The highest BCUT2D eigenvalue weighted by molar-refractivity contribution is 6.11. The van der Waals surface area contributed by atoms with Crippen molar-refractivity contribution in [2.75, 3.05) is 20.2 Å². The minimum absolute atomic E-state index is 0.000864. The van der Waals surface area contributed by atoms with E-state index in [1.165, 1.54) is 12.0 Å². The summed E-state index contributed by atoms with van der Waals surface area (Å²) in [5, 5.41) is 10.4. The number of aliphatic hydroxyl groups is 1. The summed E-state index contributed by atoms with van der Waals surface area (Å²) < 4.78 is 17.3. The first kappa shape index (κ1) is 29.3. The zero-order valence-corrected chi connectivity index (χ0v) is 24.7. The van der Waals surface area contributed by atoms with Gasteiger partial charge in [-0.05, 0) is 61.6 Å². The highest BCUT2D eigenvalue weighted by Crippen LogP contribution is 2.49. The van der Waals surface area contributed by atoms with Gasteiger partial charge >= 0.3 is 6.09 Å². The van der Waals surface area contributed by atoms with Gasteiger partial charge in [0.1, 0.15) is 11.5 Å². The number of hydrogen-bond donors (Lipinski definition) is 1. The number of carbonyl (C=O) groups is 3. The third kappa shape index (κ3) is 6.14. The van der Waals surface area contributed by atoms with Crippen molar-refractivity contribution in [3.8, 4) is 23.0 Å². The van der Waals surface area contributed by atoms with Gasteiger partial charge in [0, 0.05) is 43.6 Å². The minimum atomic E-state index is -0.863. The molecule has 0 radical (unpaired) electrons. The van der Waals surface area contributed by atoms with Crippen LogP contribution < -0.4 is 14.2 Å². The number of Topliss-reactive ketones (excluding diaryl/α,β-unsaturated/α-hetero) is 2. The maximum Gasteiger partial charge on any atom is 0.415 e. The van der Waals surface area contributed by atoms with Gasteiger partial charge in [-0.3, -0.25) is 14.6 Å². The number of nitrogens with zero attached hydrogens (tertiary/aromatic N) is 2. The Bertz CT molecular complexity index is 1710. The Balaban J connectivity index is 1.12. The summed E-state index contributed by atoms with van der Waals surface area (Å²) in [6, 6.07) is 20.2. The maximum absolute atomic E-state index is 13.2. The molecule has 9 heteroatoms. The molecule has 1 amide bonds. The average Bonchev–Trinajstić information content (AvgIpc) is 3.73. The molecule has 0 unspecified atom stereocenters. The number of aryl methyl sites for hydroxylation is 1. The lowest BCUT2D eigenvalue weighted by Gasteiger charge is -2.17. The van der Waals surface area contributed by atoms with Crippen molar-refractivity contribution in [1.82, 2.24) is 9.88 Å². The average molecular weight is 595 g/mol. The first-order valence-corrected chi connectivity index (χ1v) is 14.7. The molecule has 6 rings (SSSR count). The number of pyridine rings is 1. The van der Waals surface area contributed by atoms with Crippen LogP contribution in [0.1, 0.15) is 36.0 Å². The molecule has 0 spiro atoms. The fourth-order valence-corrected chi connectivity index (χ4v) is 5.58. The molecule has 226 valence electrons. The van der Waals surface area contributed by atoms with Crippen LogP contribution in [0, 0.1) is 12.3 Å². The number of aromatic nitrogens is 1. The maximum atomic E-state index is 13.2. The summed E-state index contributed by atoms with van der Waals surface area (Å²) in [6.07, 6.45) is 2.68. The monoisotopic (exact) mass is 594 g/mol. The number of amides is 1. The number of likely N-dealkylation sites (tertiary alicyclic amines) is 1. The van der Waals surface area contributed by atoms with Gasteiger partial charge < -0.3 is 24.2 Å². The van der Waals surface area contributed by atoms with Crippen LogP contribution in [0.4, 0.5) is 4.79 Å². The van der Waals surface area contributed by atoms with Crippen molar-refractivity contribution in [3.63, 3.8) is 0 Å². The Kier molecular flexibility index (Phi) is 8.05. The van der Waals surface area contributed by atoms with E-state index in [0.717, 1.165) is 16.7 Å². The summed E-state index contributed by atoms with van der Waals surface area (Å²) in [6.45, 7) is 2.65. The van der Waals surface area contributed by atoms with Gasteiger partial charge in [0.15, 0.2) is 23.1 Å². The van der Waals surface area contributed by atoms with Gasteiger partial charge in [-0.25, -0.2) is 4.79 Å². The number of carbonyl (C=O) groups excluding carboxylic acids is 3. The lowest BCUT2D eigenvalue weighted by molar-refractivity contribution is -0.133. The molecular weight excluding hydrogens is 560 g/mol. The van der Waals surface area contributed by atoms with Crippen molar-refractivity contribution < 1.29 is 33.7 Å². The van der Waals surface area contributed by atoms with Gasteiger partial charge in [0.05, 0.1) is 24.1 Å². The number of rotatable bonds is 10. The van der Waals surface area contributed by atoms with Crippen molar-refractivity contribution in [1.29, 1.82) is 0 Å². The molecule has 4 aromatic rings. The molecule has 2 heterocycles. The van der Waals surface area contributed by atoms with E-state index in [4.69, 9.17) is 14.2 Å². The largest absolute Gasteiger partial charge is 0.493 e. The highest BCUT2D eigenvalue weighted by atomic mass is 16.6. The number of hydrogen-bond acceptors (Lipinski definition) is 8. The van der Waals surface area contributed by atoms with Crippen LogP contribution in [-0.4, -0.2) is 59.0 Å². The topological polar surface area (TPSA) is 115 Å². The standard InChI is InChI=1S/C35H34N2O7/c1-22-3-5-23(6-4-22)17-32(39)35(13-14-35)33(40)18-24-7-9-26(10-8-24)43-29-11-15-36-28-20-31(30(42-2)19-27(28)29)44-34(41)37-16-12-25(38)21-37/h3-11,15,19-20,25,38H,12-14,16-18,21H2,1-2H3/t25-/m0/s1. The van der Waals surface area contributed by atoms with E-state index in [2.05, 4.69) is 4.98 Å².